The van der Waals surface area contributed by atoms with Gasteiger partial charge in [-0.15, -0.1) is 16.1 Å². The van der Waals surface area contributed by atoms with E-state index in [1.807, 2.05) is 4.31 Å². The summed E-state index contributed by atoms with van der Waals surface area (Å²) in [4.78, 5) is 10.8. The molecule has 0 aliphatic carbocycles. The Balaban J connectivity index is 2.65. The van der Waals surface area contributed by atoms with Gasteiger partial charge in [0.15, 0.2) is 4.91 Å². The predicted octanol–water partition coefficient (Wildman–Crippen LogP) is 0.472. The topological polar surface area (TPSA) is 55.4 Å². The molecule has 1 N–H and O–H groups in total. The van der Waals surface area contributed by atoms with Crippen LogP contribution in [0.25, 0.3) is 0 Å². The lowest BCUT2D eigenvalue weighted by atomic mass is 10.5. The maximum atomic E-state index is 12.0. The Morgan fingerprint density at radius 2 is 2.47 bits per heavy atom. The number of rotatable bonds is 5. The Morgan fingerprint density at radius 3 is 3.00 bits per heavy atom. The van der Waals surface area contributed by atoms with Gasteiger partial charge in [-0.1, -0.05) is 0 Å². The quantitative estimate of drug-likeness (QED) is 0.331. The monoisotopic (exact) mass is 246 g/mol. The van der Waals surface area contributed by atoms with Crippen molar-refractivity contribution in [2.75, 3.05) is 25.2 Å². The summed E-state index contributed by atoms with van der Waals surface area (Å²) < 4.78 is 13.9. The number of carbonyl (C=O) groups is 1. The van der Waals surface area contributed by atoms with Crippen LogP contribution in [0.3, 0.4) is 0 Å². The molecule has 0 bridgehead atoms. The molecule has 0 aromatic rings. The maximum absolute atomic E-state index is 12.0. The highest BCUT2D eigenvalue weighted by atomic mass is 32.2. The van der Waals surface area contributed by atoms with Crippen LogP contribution < -0.4 is 5.32 Å². The molecule has 1 atom stereocenters. The van der Waals surface area contributed by atoms with Crippen molar-refractivity contribution in [2.45, 2.75) is 0 Å². The Hall–Kier alpha value is -0.430. The lowest BCUT2D eigenvalue weighted by molar-refractivity contribution is -0.104. The zero-order valence-corrected chi connectivity index (χ0v) is 10.1. The van der Waals surface area contributed by atoms with Crippen molar-refractivity contribution in [1.29, 1.82) is 0 Å². The standard InChI is InChI=1S/C9H14N2O2S2/c1-10-7-9(3-2-5-12)15(13)11-4-6-14-8-11/h2-3,5,7,10H,4,6,8H2,1H3/b3-2-,9-7+. The second kappa shape index (κ2) is 6.95. The summed E-state index contributed by atoms with van der Waals surface area (Å²) in [5.74, 6) is 1.79. The van der Waals surface area contributed by atoms with Crippen LogP contribution in [0.2, 0.25) is 0 Å². The van der Waals surface area contributed by atoms with Gasteiger partial charge in [0.1, 0.15) is 6.29 Å². The van der Waals surface area contributed by atoms with Gasteiger partial charge in [0, 0.05) is 12.8 Å². The molecule has 1 aliphatic rings. The lowest BCUT2D eigenvalue weighted by Crippen LogP contribution is -2.29. The van der Waals surface area contributed by atoms with E-state index in [2.05, 4.69) is 5.32 Å². The number of nitrogens with zero attached hydrogens (tertiary/aromatic N) is 1. The normalized spacial score (nSPS) is 20.8. The van der Waals surface area contributed by atoms with Crippen LogP contribution in [0.4, 0.5) is 0 Å². The van der Waals surface area contributed by atoms with Crippen molar-refractivity contribution in [2.24, 2.45) is 0 Å². The number of hydrogen-bond donors (Lipinski definition) is 1. The molecule has 15 heavy (non-hydrogen) atoms. The van der Waals surface area contributed by atoms with Crippen molar-refractivity contribution in [3.05, 3.63) is 23.3 Å². The third-order valence-electron chi connectivity index (χ3n) is 1.78. The third kappa shape index (κ3) is 3.90. The summed E-state index contributed by atoms with van der Waals surface area (Å²) in [6.07, 6.45) is 5.26. The first kappa shape index (κ1) is 12.6. The third-order valence-corrected chi connectivity index (χ3v) is 4.35. The zero-order valence-electron chi connectivity index (χ0n) is 8.51. The molecule has 1 saturated heterocycles. The first-order valence-corrected chi connectivity index (χ1v) is 6.79. The molecule has 0 aromatic carbocycles. The maximum Gasteiger partial charge on any atom is 0.189 e. The average molecular weight is 246 g/mol. The van der Waals surface area contributed by atoms with Gasteiger partial charge in [-0.3, -0.25) is 4.79 Å². The number of thioether (sulfide) groups is 1. The summed E-state index contributed by atoms with van der Waals surface area (Å²) in [5.41, 5.74) is 0. The molecular formula is C9H14N2O2S2. The van der Waals surface area contributed by atoms with Crippen LogP contribution in [-0.2, 0) is 16.2 Å². The number of nitrogens with one attached hydrogen (secondary N) is 1. The fourth-order valence-corrected chi connectivity index (χ4v) is 3.61. The minimum absolute atomic E-state index is 0.618. The fraction of sp³-hybridized carbons (Fsp3) is 0.444. The number of carbonyl (C=O) groups excluding carboxylic acids is 1. The van der Waals surface area contributed by atoms with E-state index in [1.54, 1.807) is 31.1 Å². The molecule has 1 aliphatic heterocycles. The molecule has 1 heterocycles. The van der Waals surface area contributed by atoms with Crippen LogP contribution in [0.1, 0.15) is 0 Å². The minimum atomic E-state index is -1.17. The summed E-state index contributed by atoms with van der Waals surface area (Å²) in [7, 11) is 1.74. The van der Waals surface area contributed by atoms with Gasteiger partial charge in [-0.05, 0) is 12.2 Å². The van der Waals surface area contributed by atoms with Gasteiger partial charge in [0.25, 0.3) is 0 Å². The molecule has 1 unspecified atom stereocenters. The molecular weight excluding hydrogens is 232 g/mol. The molecule has 4 nitrogen and oxygen atoms in total. The average Bonchev–Trinajstić information content (AvgIpc) is 2.76. The van der Waals surface area contributed by atoms with E-state index in [0.717, 1.165) is 18.2 Å². The van der Waals surface area contributed by atoms with E-state index < -0.39 is 11.4 Å². The van der Waals surface area contributed by atoms with Crippen molar-refractivity contribution >= 4 is 29.4 Å². The van der Waals surface area contributed by atoms with Gasteiger partial charge < -0.3 is 9.87 Å². The van der Waals surface area contributed by atoms with E-state index in [9.17, 15) is 9.35 Å². The van der Waals surface area contributed by atoms with E-state index in [4.69, 9.17) is 0 Å². The largest absolute Gasteiger partial charge is 0.593 e. The smallest absolute Gasteiger partial charge is 0.189 e. The molecule has 1 fully saturated rings. The van der Waals surface area contributed by atoms with Crippen LogP contribution >= 0.6 is 11.8 Å². The van der Waals surface area contributed by atoms with E-state index in [1.165, 1.54) is 6.08 Å². The number of aldehydes is 1. The van der Waals surface area contributed by atoms with Crippen LogP contribution in [-0.4, -0.2) is 40.4 Å². The highest BCUT2D eigenvalue weighted by Gasteiger charge is 2.26. The first-order valence-electron chi connectivity index (χ1n) is 4.53. The minimum Gasteiger partial charge on any atom is -0.593 e. The molecule has 0 amide bonds. The predicted molar refractivity (Wildman–Crippen MR) is 64.5 cm³/mol. The molecule has 0 saturated carbocycles. The summed E-state index contributed by atoms with van der Waals surface area (Å²) in [6.45, 7) is 0.827. The second-order valence-electron chi connectivity index (χ2n) is 2.82. The summed E-state index contributed by atoms with van der Waals surface area (Å²) >= 11 is 0.592. The number of hydrogen-bond acceptors (Lipinski definition) is 5. The van der Waals surface area contributed by atoms with Gasteiger partial charge in [-0.2, -0.15) is 0 Å². The van der Waals surface area contributed by atoms with Gasteiger partial charge in [0.2, 0.25) is 0 Å². The van der Waals surface area contributed by atoms with Crippen molar-refractivity contribution in [3.63, 3.8) is 0 Å². The lowest BCUT2D eigenvalue weighted by Gasteiger charge is -2.18. The number of allylic oxidation sites excluding steroid dienone is 2. The Labute approximate surface area is 97.1 Å². The molecule has 0 spiro atoms. The summed E-state index contributed by atoms with van der Waals surface area (Å²) in [6, 6.07) is 0. The SMILES string of the molecule is CN/C=C(\C=C/C=O)[S+]([O-])N1CCSC1. The van der Waals surface area contributed by atoms with Crippen molar-refractivity contribution in [3.8, 4) is 0 Å². The van der Waals surface area contributed by atoms with E-state index >= 15 is 0 Å². The molecule has 6 heteroatoms. The fourth-order valence-electron chi connectivity index (χ4n) is 1.11. The van der Waals surface area contributed by atoms with Crippen LogP contribution in [0, 0.1) is 0 Å². The molecule has 0 radical (unpaired) electrons. The second-order valence-corrected chi connectivity index (χ2v) is 5.38. The van der Waals surface area contributed by atoms with E-state index in [0.29, 0.717) is 11.2 Å². The molecule has 0 aromatic heterocycles. The Bertz CT molecular complexity index is 263. The van der Waals surface area contributed by atoms with Gasteiger partial charge >= 0.3 is 0 Å². The van der Waals surface area contributed by atoms with Crippen LogP contribution in [0.5, 0.6) is 0 Å². The summed E-state index contributed by atoms with van der Waals surface area (Å²) in [5, 5.41) is 2.83. The van der Waals surface area contributed by atoms with Crippen molar-refractivity contribution in [1.82, 2.24) is 9.62 Å². The van der Waals surface area contributed by atoms with Gasteiger partial charge in [-0.25, -0.2) is 0 Å². The van der Waals surface area contributed by atoms with Gasteiger partial charge in [0.05, 0.1) is 30.0 Å². The van der Waals surface area contributed by atoms with E-state index in [-0.39, 0.29) is 0 Å². The molecule has 84 valence electrons. The highest BCUT2D eigenvalue weighted by Crippen LogP contribution is 2.22. The van der Waals surface area contributed by atoms with Crippen LogP contribution in [0.15, 0.2) is 23.3 Å². The molecule has 1 rings (SSSR count). The highest BCUT2D eigenvalue weighted by molar-refractivity contribution is 8.01. The first-order chi connectivity index (χ1) is 7.29. The Kier molecular flexibility index (Phi) is 5.85. The zero-order chi connectivity index (χ0) is 11.1. The Morgan fingerprint density at radius 1 is 1.67 bits per heavy atom. The van der Waals surface area contributed by atoms with Crippen molar-refractivity contribution < 1.29 is 9.35 Å².